The van der Waals surface area contributed by atoms with Crippen LogP contribution in [0.1, 0.15) is 6.42 Å². The van der Waals surface area contributed by atoms with Gasteiger partial charge in [0.05, 0.1) is 0 Å². The first-order valence-electron chi connectivity index (χ1n) is 1.56. The maximum atomic E-state index is 6.72. The molecule has 0 aliphatic heterocycles. The molecule has 1 fully saturated rings. The Hall–Kier alpha value is -0.590. The van der Waals surface area contributed by atoms with Gasteiger partial charge in [-0.15, -0.1) is 0 Å². The Morgan fingerprint density at radius 3 is 2.00 bits per heavy atom. The second kappa shape index (κ2) is 0.482. The van der Waals surface area contributed by atoms with Crippen LogP contribution >= 0.6 is 0 Å². The molecule has 0 atom stereocenters. The van der Waals surface area contributed by atoms with Gasteiger partial charge in [-0.3, -0.25) is 0 Å². The van der Waals surface area contributed by atoms with E-state index >= 15 is 0 Å². The summed E-state index contributed by atoms with van der Waals surface area (Å²) >= 11 is 0. The van der Waals surface area contributed by atoms with Gasteiger partial charge in [-0.25, -0.2) is 0 Å². The third-order valence-electron chi connectivity index (χ3n) is 0.692. The van der Waals surface area contributed by atoms with Crippen LogP contribution in [-0.4, -0.2) is 5.71 Å². The molecule has 1 N–H and O–H groups in total. The average Bonchev–Trinajstić information content (AvgIpc) is 1.79. The minimum atomic E-state index is 0.727. The Morgan fingerprint density at radius 1 is 1.80 bits per heavy atom. The molecule has 0 aromatic carbocycles. The maximum absolute atomic E-state index is 6.72. The number of hydrogen-bond acceptors (Lipinski definition) is 1. The number of hydrogen-bond donors (Lipinski definition) is 1. The topological polar surface area (TPSA) is 23.9 Å². The molecule has 0 saturated heterocycles. The lowest BCUT2D eigenvalue weighted by molar-refractivity contribution is 1.55. The summed E-state index contributed by atoms with van der Waals surface area (Å²) in [4.78, 5) is 0. The summed E-state index contributed by atoms with van der Waals surface area (Å²) in [7, 11) is 0. The Bertz CT molecular complexity index is 79.8. The molecule has 0 unspecified atom stereocenters. The SMILES string of the molecule is C=C1CC1=N. The van der Waals surface area contributed by atoms with Gasteiger partial charge in [-0.1, -0.05) is 6.58 Å². The van der Waals surface area contributed by atoms with Gasteiger partial charge < -0.3 is 5.41 Å². The minimum Gasteiger partial charge on any atom is -0.305 e. The number of rotatable bonds is 0. The first kappa shape index (κ1) is 2.64. The smallest absolute Gasteiger partial charge is 0.0388 e. The standard InChI is InChI=1S/C4H5N/c1-3-2-4(3)5/h5H,1-2H2. The lowest BCUT2D eigenvalue weighted by Crippen LogP contribution is -1.44. The molecule has 1 saturated carbocycles. The van der Waals surface area contributed by atoms with Crippen molar-refractivity contribution in [2.75, 3.05) is 0 Å². The predicted molar refractivity (Wildman–Crippen MR) is 21.5 cm³/mol. The van der Waals surface area contributed by atoms with Gasteiger partial charge in [0.2, 0.25) is 0 Å². The van der Waals surface area contributed by atoms with E-state index in [1.54, 1.807) is 0 Å². The molecule has 1 heteroatoms. The summed E-state index contributed by atoms with van der Waals surface area (Å²) in [5.41, 5.74) is 1.73. The van der Waals surface area contributed by atoms with E-state index in [1.165, 1.54) is 0 Å². The highest BCUT2D eigenvalue weighted by molar-refractivity contribution is 6.15. The summed E-state index contributed by atoms with van der Waals surface area (Å²) in [5, 5.41) is 6.72. The van der Waals surface area contributed by atoms with Crippen molar-refractivity contribution in [3.8, 4) is 0 Å². The summed E-state index contributed by atoms with van der Waals surface area (Å²) < 4.78 is 0. The van der Waals surface area contributed by atoms with E-state index in [4.69, 9.17) is 5.41 Å². The van der Waals surface area contributed by atoms with Crippen molar-refractivity contribution in [3.05, 3.63) is 12.2 Å². The van der Waals surface area contributed by atoms with E-state index in [1.807, 2.05) is 0 Å². The van der Waals surface area contributed by atoms with Gasteiger partial charge in [0.25, 0.3) is 0 Å². The van der Waals surface area contributed by atoms with Crippen LogP contribution in [0.15, 0.2) is 12.2 Å². The molecule has 0 spiro atoms. The van der Waals surface area contributed by atoms with E-state index in [9.17, 15) is 0 Å². The van der Waals surface area contributed by atoms with Crippen LogP contribution in [0, 0.1) is 5.41 Å². The lowest BCUT2D eigenvalue weighted by Gasteiger charge is -1.41. The van der Waals surface area contributed by atoms with Gasteiger partial charge in [-0.2, -0.15) is 0 Å². The number of nitrogens with one attached hydrogen (secondary N) is 1. The third kappa shape index (κ3) is 0.232. The van der Waals surface area contributed by atoms with E-state index in [-0.39, 0.29) is 0 Å². The van der Waals surface area contributed by atoms with Gasteiger partial charge in [0, 0.05) is 12.1 Å². The molecule has 5 heavy (non-hydrogen) atoms. The van der Waals surface area contributed by atoms with Crippen molar-refractivity contribution in [3.63, 3.8) is 0 Å². The van der Waals surface area contributed by atoms with E-state index in [0.717, 1.165) is 17.7 Å². The summed E-state index contributed by atoms with van der Waals surface area (Å²) in [6.45, 7) is 3.52. The Labute approximate surface area is 30.8 Å². The monoisotopic (exact) mass is 67.0 g/mol. The Morgan fingerprint density at radius 2 is 2.00 bits per heavy atom. The summed E-state index contributed by atoms with van der Waals surface area (Å²) in [5.74, 6) is 0. The van der Waals surface area contributed by atoms with E-state index in [0.29, 0.717) is 0 Å². The summed E-state index contributed by atoms with van der Waals surface area (Å²) in [6, 6.07) is 0. The molecule has 1 aliphatic rings. The molecule has 0 radical (unpaired) electrons. The maximum Gasteiger partial charge on any atom is 0.0388 e. The van der Waals surface area contributed by atoms with Crippen molar-refractivity contribution >= 4 is 5.71 Å². The van der Waals surface area contributed by atoms with Crippen molar-refractivity contribution < 1.29 is 0 Å². The highest BCUT2D eigenvalue weighted by Crippen LogP contribution is 2.18. The molecule has 1 nitrogen and oxygen atoms in total. The number of allylic oxidation sites excluding steroid dienone is 1. The molecule has 0 heterocycles. The van der Waals surface area contributed by atoms with Gasteiger partial charge >= 0.3 is 0 Å². The van der Waals surface area contributed by atoms with Crippen LogP contribution in [0.4, 0.5) is 0 Å². The van der Waals surface area contributed by atoms with Crippen LogP contribution in [0.25, 0.3) is 0 Å². The normalized spacial score (nSPS) is 20.0. The zero-order chi connectivity index (χ0) is 3.86. The first-order chi connectivity index (χ1) is 2.30. The molecular formula is C4H5N. The molecule has 0 aromatic rings. The van der Waals surface area contributed by atoms with Crippen LogP contribution in [0.5, 0.6) is 0 Å². The van der Waals surface area contributed by atoms with Gasteiger partial charge in [0.1, 0.15) is 0 Å². The molecule has 1 rings (SSSR count). The van der Waals surface area contributed by atoms with Crippen molar-refractivity contribution in [1.82, 2.24) is 0 Å². The van der Waals surface area contributed by atoms with Crippen molar-refractivity contribution in [2.45, 2.75) is 6.42 Å². The fourth-order valence-electron chi connectivity index (χ4n) is 0.169. The highest BCUT2D eigenvalue weighted by Gasteiger charge is 2.15. The fraction of sp³-hybridized carbons (Fsp3) is 0.250. The van der Waals surface area contributed by atoms with Crippen LogP contribution in [0.2, 0.25) is 0 Å². The van der Waals surface area contributed by atoms with Crippen LogP contribution < -0.4 is 0 Å². The van der Waals surface area contributed by atoms with Crippen molar-refractivity contribution in [2.24, 2.45) is 0 Å². The molecular weight excluding hydrogens is 62.1 g/mol. The highest BCUT2D eigenvalue weighted by atomic mass is 14.5. The zero-order valence-electron chi connectivity index (χ0n) is 2.91. The first-order valence-corrected chi connectivity index (χ1v) is 1.56. The summed E-state index contributed by atoms with van der Waals surface area (Å²) in [6.07, 6.45) is 0.861. The molecule has 0 aromatic heterocycles. The Kier molecular flexibility index (Phi) is 0.254. The van der Waals surface area contributed by atoms with Crippen LogP contribution in [-0.2, 0) is 0 Å². The average molecular weight is 67.1 g/mol. The fourth-order valence-corrected chi connectivity index (χ4v) is 0.169. The molecule has 0 amide bonds. The van der Waals surface area contributed by atoms with Crippen LogP contribution in [0.3, 0.4) is 0 Å². The Balaban J connectivity index is 2.81. The van der Waals surface area contributed by atoms with Crippen molar-refractivity contribution in [1.29, 1.82) is 5.41 Å². The molecule has 1 aliphatic carbocycles. The molecule has 0 bridgehead atoms. The van der Waals surface area contributed by atoms with E-state index in [2.05, 4.69) is 6.58 Å². The van der Waals surface area contributed by atoms with E-state index < -0.39 is 0 Å². The third-order valence-corrected chi connectivity index (χ3v) is 0.692. The molecule has 26 valence electrons. The second-order valence-corrected chi connectivity index (χ2v) is 1.26. The van der Waals surface area contributed by atoms with Gasteiger partial charge in [-0.05, 0) is 5.57 Å². The zero-order valence-corrected chi connectivity index (χ0v) is 2.91. The predicted octanol–water partition coefficient (Wildman–Crippen LogP) is 0.966. The largest absolute Gasteiger partial charge is 0.305 e. The minimum absolute atomic E-state index is 0.727. The quantitative estimate of drug-likeness (QED) is 0.436. The second-order valence-electron chi connectivity index (χ2n) is 1.26. The lowest BCUT2D eigenvalue weighted by atomic mass is 10.7. The van der Waals surface area contributed by atoms with Gasteiger partial charge in [0.15, 0.2) is 0 Å².